The quantitative estimate of drug-likeness (QED) is 0.701. The minimum atomic E-state index is -0.570. The van der Waals surface area contributed by atoms with Crippen LogP contribution in [0.3, 0.4) is 0 Å². The Hall–Kier alpha value is -1.92. The van der Waals surface area contributed by atoms with Crippen LogP contribution in [0.1, 0.15) is 0 Å². The molecule has 1 rings (SSSR count). The van der Waals surface area contributed by atoms with Crippen LogP contribution in [0, 0.1) is 0 Å². The molecule has 98 valence electrons. The van der Waals surface area contributed by atoms with Crippen molar-refractivity contribution < 1.29 is 19.8 Å². The van der Waals surface area contributed by atoms with Crippen LogP contribution < -0.4 is 4.90 Å². The molecule has 0 atom stereocenters. The fourth-order valence-corrected chi connectivity index (χ4v) is 1.50. The summed E-state index contributed by atoms with van der Waals surface area (Å²) in [4.78, 5) is 25.2. The lowest BCUT2D eigenvalue weighted by molar-refractivity contribution is -0.107. The molecule has 0 spiro atoms. The second-order valence-corrected chi connectivity index (χ2v) is 3.53. The maximum atomic E-state index is 12.1. The highest BCUT2D eigenvalue weighted by molar-refractivity contribution is 6.05. The average molecular weight is 252 g/mol. The molecule has 6 heteroatoms. The first-order valence-corrected chi connectivity index (χ1v) is 5.54. The molecule has 0 aliphatic heterocycles. The number of aliphatic hydroxyl groups excluding tert-OH is 2. The van der Waals surface area contributed by atoms with Gasteiger partial charge in [-0.25, -0.2) is 9.69 Å². The molecule has 0 unspecified atom stereocenters. The molecule has 0 radical (unpaired) electrons. The van der Waals surface area contributed by atoms with E-state index in [9.17, 15) is 9.59 Å². The lowest BCUT2D eigenvalue weighted by Gasteiger charge is -2.26. The smallest absolute Gasteiger partial charge is 0.331 e. The van der Waals surface area contributed by atoms with Crippen molar-refractivity contribution in [1.29, 1.82) is 0 Å². The molecule has 0 saturated carbocycles. The topological polar surface area (TPSA) is 81.1 Å². The summed E-state index contributed by atoms with van der Waals surface area (Å²) < 4.78 is 0. The summed E-state index contributed by atoms with van der Waals surface area (Å²) in [5.41, 5.74) is 0.443. The zero-order valence-corrected chi connectivity index (χ0v) is 9.90. The van der Waals surface area contributed by atoms with Gasteiger partial charge in [-0.15, -0.1) is 0 Å². The van der Waals surface area contributed by atoms with E-state index in [1.807, 2.05) is 0 Å². The Labute approximate surface area is 105 Å². The minimum Gasteiger partial charge on any atom is -0.395 e. The van der Waals surface area contributed by atoms with Crippen molar-refractivity contribution in [2.24, 2.45) is 0 Å². The molecule has 0 saturated heterocycles. The zero-order valence-electron chi connectivity index (χ0n) is 9.90. The molecular weight excluding hydrogens is 236 g/mol. The molecule has 0 aromatic heterocycles. The van der Waals surface area contributed by atoms with Crippen LogP contribution in [-0.4, -0.2) is 53.9 Å². The van der Waals surface area contributed by atoms with E-state index >= 15 is 0 Å². The normalized spacial score (nSPS) is 9.89. The average Bonchev–Trinajstić information content (AvgIpc) is 2.40. The van der Waals surface area contributed by atoms with E-state index < -0.39 is 6.03 Å². The number of carbonyl (C=O) groups excluding carboxylic acids is 2. The maximum Gasteiger partial charge on any atom is 0.331 e. The summed E-state index contributed by atoms with van der Waals surface area (Å²) in [6.07, 6.45) is 0.416. The van der Waals surface area contributed by atoms with Gasteiger partial charge in [0, 0.05) is 13.1 Å². The van der Waals surface area contributed by atoms with E-state index in [2.05, 4.69) is 0 Å². The second kappa shape index (κ2) is 7.41. The third kappa shape index (κ3) is 3.54. The Kier molecular flexibility index (Phi) is 5.83. The van der Waals surface area contributed by atoms with Crippen LogP contribution in [0.15, 0.2) is 30.3 Å². The lowest BCUT2D eigenvalue weighted by Crippen LogP contribution is -2.45. The molecule has 0 heterocycles. The van der Waals surface area contributed by atoms with Gasteiger partial charge in [0.05, 0.1) is 18.9 Å². The van der Waals surface area contributed by atoms with Crippen molar-refractivity contribution in [3.63, 3.8) is 0 Å². The third-order valence-corrected chi connectivity index (χ3v) is 2.36. The number of aliphatic hydroxyl groups is 2. The summed E-state index contributed by atoms with van der Waals surface area (Å²) >= 11 is 0. The van der Waals surface area contributed by atoms with Crippen LogP contribution in [0.25, 0.3) is 0 Å². The fourth-order valence-electron chi connectivity index (χ4n) is 1.50. The van der Waals surface area contributed by atoms with Gasteiger partial charge in [-0.05, 0) is 12.1 Å². The predicted molar refractivity (Wildman–Crippen MR) is 66.1 cm³/mol. The number of benzene rings is 1. The van der Waals surface area contributed by atoms with Crippen molar-refractivity contribution in [2.45, 2.75) is 0 Å². The molecule has 6 nitrogen and oxygen atoms in total. The number of rotatable bonds is 6. The first-order chi connectivity index (χ1) is 8.74. The highest BCUT2D eigenvalue weighted by Gasteiger charge is 2.21. The van der Waals surface area contributed by atoms with Gasteiger partial charge >= 0.3 is 6.03 Å². The molecule has 0 bridgehead atoms. The Morgan fingerprint density at radius 3 is 2.11 bits per heavy atom. The summed E-state index contributed by atoms with van der Waals surface area (Å²) in [6.45, 7) is -0.326. The highest BCUT2D eigenvalue weighted by atomic mass is 16.3. The molecular formula is C12H16N2O4. The van der Waals surface area contributed by atoms with E-state index in [-0.39, 0.29) is 26.3 Å². The van der Waals surface area contributed by atoms with Crippen LogP contribution in [-0.2, 0) is 4.79 Å². The van der Waals surface area contributed by atoms with Crippen LogP contribution in [0.4, 0.5) is 10.5 Å². The third-order valence-electron chi connectivity index (χ3n) is 2.36. The summed E-state index contributed by atoms with van der Waals surface area (Å²) in [5, 5.41) is 17.7. The number of para-hydroxylation sites is 1. The molecule has 1 aromatic carbocycles. The molecule has 1 aromatic rings. The van der Waals surface area contributed by atoms with E-state index in [1.165, 1.54) is 4.90 Å². The number of urea groups is 1. The minimum absolute atomic E-state index is 0.0660. The Balaban J connectivity index is 2.86. The zero-order chi connectivity index (χ0) is 13.4. The standard InChI is InChI=1S/C12H16N2O4/c15-8-6-13(7-9-16)12(18)14(10-17)11-4-2-1-3-5-11/h1-5,10,15-16H,6-9H2. The maximum absolute atomic E-state index is 12.1. The van der Waals surface area contributed by atoms with E-state index in [4.69, 9.17) is 10.2 Å². The highest BCUT2D eigenvalue weighted by Crippen LogP contribution is 2.13. The van der Waals surface area contributed by atoms with E-state index in [0.717, 1.165) is 4.90 Å². The van der Waals surface area contributed by atoms with Gasteiger partial charge in [-0.1, -0.05) is 18.2 Å². The van der Waals surface area contributed by atoms with Gasteiger partial charge in [-0.2, -0.15) is 0 Å². The number of hydrogen-bond donors (Lipinski definition) is 2. The second-order valence-electron chi connectivity index (χ2n) is 3.53. The predicted octanol–water partition coefficient (Wildman–Crippen LogP) is 0.0560. The SMILES string of the molecule is O=CN(C(=O)N(CCO)CCO)c1ccccc1. The molecule has 0 fully saturated rings. The number of anilines is 1. The summed E-state index contributed by atoms with van der Waals surface area (Å²) in [5.74, 6) is 0. The number of imide groups is 1. The largest absolute Gasteiger partial charge is 0.395 e. The first kappa shape index (κ1) is 14.1. The first-order valence-electron chi connectivity index (χ1n) is 5.54. The fraction of sp³-hybridized carbons (Fsp3) is 0.333. The van der Waals surface area contributed by atoms with Crippen molar-refractivity contribution in [3.05, 3.63) is 30.3 Å². The Morgan fingerprint density at radius 1 is 1.11 bits per heavy atom. The van der Waals surface area contributed by atoms with Crippen molar-refractivity contribution in [1.82, 2.24) is 4.90 Å². The number of carbonyl (C=O) groups is 2. The van der Waals surface area contributed by atoms with Crippen LogP contribution in [0.5, 0.6) is 0 Å². The Bertz CT molecular complexity index is 377. The van der Waals surface area contributed by atoms with Crippen LogP contribution in [0.2, 0.25) is 0 Å². The van der Waals surface area contributed by atoms with Gasteiger partial charge in [0.15, 0.2) is 0 Å². The molecule has 0 aliphatic rings. The summed E-state index contributed by atoms with van der Waals surface area (Å²) in [7, 11) is 0. The molecule has 3 amide bonds. The molecule has 18 heavy (non-hydrogen) atoms. The molecule has 2 N–H and O–H groups in total. The van der Waals surface area contributed by atoms with E-state index in [0.29, 0.717) is 12.1 Å². The molecule has 0 aliphatic carbocycles. The van der Waals surface area contributed by atoms with Crippen molar-refractivity contribution in [3.8, 4) is 0 Å². The Morgan fingerprint density at radius 2 is 1.67 bits per heavy atom. The van der Waals surface area contributed by atoms with Gasteiger partial charge < -0.3 is 15.1 Å². The monoisotopic (exact) mass is 252 g/mol. The summed E-state index contributed by atoms with van der Waals surface area (Å²) in [6, 6.07) is 7.88. The van der Waals surface area contributed by atoms with Crippen LogP contribution >= 0.6 is 0 Å². The van der Waals surface area contributed by atoms with Gasteiger partial charge in [0.1, 0.15) is 0 Å². The number of hydrogen-bond acceptors (Lipinski definition) is 4. The van der Waals surface area contributed by atoms with E-state index in [1.54, 1.807) is 30.3 Å². The van der Waals surface area contributed by atoms with Crippen molar-refractivity contribution in [2.75, 3.05) is 31.2 Å². The van der Waals surface area contributed by atoms with Gasteiger partial charge in [0.2, 0.25) is 6.41 Å². The number of amides is 3. The van der Waals surface area contributed by atoms with Gasteiger partial charge in [-0.3, -0.25) is 4.79 Å². The van der Waals surface area contributed by atoms with Crippen molar-refractivity contribution >= 4 is 18.1 Å². The number of nitrogens with zero attached hydrogens (tertiary/aromatic N) is 2. The lowest BCUT2D eigenvalue weighted by atomic mass is 10.3. The van der Waals surface area contributed by atoms with Gasteiger partial charge in [0.25, 0.3) is 0 Å².